The second kappa shape index (κ2) is 9.05. The number of nitrogens with zero attached hydrogens (tertiary/aromatic N) is 3. The van der Waals surface area contributed by atoms with Crippen LogP contribution in [0.3, 0.4) is 0 Å². The Morgan fingerprint density at radius 1 is 0.897 bits per heavy atom. The number of aryl methyl sites for hydroxylation is 1. The zero-order valence-electron chi connectivity index (χ0n) is 17.2. The number of rotatable bonds is 6. The smallest absolute Gasteiger partial charge is 0.229 e. The average Bonchev–Trinajstić information content (AvgIpc) is 2.77. The summed E-state index contributed by atoms with van der Waals surface area (Å²) in [7, 11) is 0. The monoisotopic (exact) mass is 387 g/mol. The molecule has 2 heterocycles. The van der Waals surface area contributed by atoms with Gasteiger partial charge in [-0.25, -0.2) is 4.98 Å². The molecule has 0 amide bonds. The van der Waals surface area contributed by atoms with Crippen LogP contribution in [0.15, 0.2) is 60.8 Å². The SMILES string of the molecule is Cc1cnc(Nc2cccc(C(C)N3CCCCC3)c2)nc1Nc1ccccc1. The molecular weight excluding hydrogens is 358 g/mol. The molecule has 1 fully saturated rings. The third-order valence-electron chi connectivity index (χ3n) is 5.57. The number of piperidine rings is 1. The molecule has 5 heteroatoms. The molecule has 3 aromatic rings. The molecule has 0 spiro atoms. The van der Waals surface area contributed by atoms with Crippen LogP contribution < -0.4 is 10.6 Å². The van der Waals surface area contributed by atoms with Crippen molar-refractivity contribution in [2.45, 2.75) is 39.2 Å². The predicted octanol–water partition coefficient (Wildman–Crippen LogP) is 5.82. The Morgan fingerprint density at radius 3 is 2.45 bits per heavy atom. The van der Waals surface area contributed by atoms with Gasteiger partial charge in [0.05, 0.1) is 0 Å². The van der Waals surface area contributed by atoms with E-state index in [4.69, 9.17) is 0 Å². The molecule has 0 bridgehead atoms. The molecule has 150 valence electrons. The van der Waals surface area contributed by atoms with Gasteiger partial charge >= 0.3 is 0 Å². The lowest BCUT2D eigenvalue weighted by Gasteiger charge is -2.32. The summed E-state index contributed by atoms with van der Waals surface area (Å²) in [6, 6.07) is 19.1. The molecule has 1 unspecified atom stereocenters. The van der Waals surface area contributed by atoms with E-state index in [1.165, 1.54) is 37.9 Å². The van der Waals surface area contributed by atoms with E-state index in [0.29, 0.717) is 12.0 Å². The minimum atomic E-state index is 0.422. The third kappa shape index (κ3) is 4.93. The van der Waals surface area contributed by atoms with Crippen molar-refractivity contribution in [3.8, 4) is 0 Å². The third-order valence-corrected chi connectivity index (χ3v) is 5.57. The van der Waals surface area contributed by atoms with E-state index in [-0.39, 0.29) is 0 Å². The maximum Gasteiger partial charge on any atom is 0.229 e. The molecule has 5 nitrogen and oxygen atoms in total. The van der Waals surface area contributed by atoms with E-state index < -0.39 is 0 Å². The van der Waals surface area contributed by atoms with Crippen molar-refractivity contribution in [1.82, 2.24) is 14.9 Å². The van der Waals surface area contributed by atoms with Gasteiger partial charge in [-0.15, -0.1) is 0 Å². The number of hydrogen-bond acceptors (Lipinski definition) is 5. The van der Waals surface area contributed by atoms with Crippen LogP contribution in [0.2, 0.25) is 0 Å². The fourth-order valence-corrected chi connectivity index (χ4v) is 3.81. The van der Waals surface area contributed by atoms with Crippen molar-refractivity contribution >= 4 is 23.1 Å². The number of aromatic nitrogens is 2. The second-order valence-corrected chi connectivity index (χ2v) is 7.74. The fraction of sp³-hybridized carbons (Fsp3) is 0.333. The summed E-state index contributed by atoms with van der Waals surface area (Å²) in [5.41, 5.74) is 4.36. The molecule has 4 rings (SSSR count). The van der Waals surface area contributed by atoms with Gasteiger partial charge in [0.1, 0.15) is 5.82 Å². The Balaban J connectivity index is 1.49. The van der Waals surface area contributed by atoms with Crippen molar-refractivity contribution in [2.24, 2.45) is 0 Å². The zero-order chi connectivity index (χ0) is 20.1. The molecule has 29 heavy (non-hydrogen) atoms. The first-order valence-corrected chi connectivity index (χ1v) is 10.5. The highest BCUT2D eigenvalue weighted by Gasteiger charge is 2.18. The van der Waals surface area contributed by atoms with E-state index >= 15 is 0 Å². The second-order valence-electron chi connectivity index (χ2n) is 7.74. The number of hydrogen-bond donors (Lipinski definition) is 2. The largest absolute Gasteiger partial charge is 0.340 e. The lowest BCUT2D eigenvalue weighted by molar-refractivity contribution is 0.175. The Bertz CT molecular complexity index is 935. The number of para-hydroxylation sites is 1. The van der Waals surface area contributed by atoms with E-state index in [1.807, 2.05) is 43.5 Å². The van der Waals surface area contributed by atoms with Gasteiger partial charge in [-0.1, -0.05) is 36.8 Å². The summed E-state index contributed by atoms with van der Waals surface area (Å²) >= 11 is 0. The zero-order valence-corrected chi connectivity index (χ0v) is 17.2. The van der Waals surface area contributed by atoms with Crippen LogP contribution >= 0.6 is 0 Å². The topological polar surface area (TPSA) is 53.1 Å². The standard InChI is InChI=1S/C24H29N5/c1-18-17-25-24(28-23(18)26-21-11-5-3-6-12-21)27-22-13-9-10-20(16-22)19(2)29-14-7-4-8-15-29/h3,5-6,9-13,16-17,19H,4,7-8,14-15H2,1-2H3,(H2,25,26,27,28). The van der Waals surface area contributed by atoms with Gasteiger partial charge in [-0.3, -0.25) is 4.90 Å². The van der Waals surface area contributed by atoms with Crippen LogP contribution in [0.1, 0.15) is 43.4 Å². The molecule has 2 N–H and O–H groups in total. The Kier molecular flexibility index (Phi) is 6.06. The molecule has 1 aliphatic rings. The summed E-state index contributed by atoms with van der Waals surface area (Å²) in [4.78, 5) is 11.7. The maximum atomic E-state index is 4.68. The van der Waals surface area contributed by atoms with Gasteiger partial charge in [-0.2, -0.15) is 4.98 Å². The highest BCUT2D eigenvalue weighted by Crippen LogP contribution is 2.27. The van der Waals surface area contributed by atoms with Crippen molar-refractivity contribution in [2.75, 3.05) is 23.7 Å². The summed E-state index contributed by atoms with van der Waals surface area (Å²) in [6.45, 7) is 6.69. The van der Waals surface area contributed by atoms with Crippen molar-refractivity contribution in [3.63, 3.8) is 0 Å². The van der Waals surface area contributed by atoms with E-state index in [9.17, 15) is 0 Å². The van der Waals surface area contributed by atoms with E-state index in [1.54, 1.807) is 0 Å². The Labute approximate surface area is 173 Å². The van der Waals surface area contributed by atoms with Crippen LogP contribution in [0.5, 0.6) is 0 Å². The van der Waals surface area contributed by atoms with Gasteiger partial charge in [0.15, 0.2) is 0 Å². The van der Waals surface area contributed by atoms with Gasteiger partial charge < -0.3 is 10.6 Å². The lowest BCUT2D eigenvalue weighted by atomic mass is 10.0. The van der Waals surface area contributed by atoms with Gasteiger partial charge in [-0.05, 0) is 69.6 Å². The number of benzene rings is 2. The lowest BCUT2D eigenvalue weighted by Crippen LogP contribution is -2.32. The van der Waals surface area contributed by atoms with Crippen molar-refractivity contribution in [3.05, 3.63) is 71.9 Å². The molecular formula is C24H29N5. The van der Waals surface area contributed by atoms with Gasteiger partial charge in [0, 0.05) is 29.2 Å². The molecule has 1 aromatic heterocycles. The average molecular weight is 388 g/mol. The molecule has 0 aliphatic carbocycles. The minimum Gasteiger partial charge on any atom is -0.340 e. The first-order chi connectivity index (χ1) is 14.2. The summed E-state index contributed by atoms with van der Waals surface area (Å²) in [5, 5.41) is 6.75. The molecule has 0 radical (unpaired) electrons. The van der Waals surface area contributed by atoms with Crippen LogP contribution in [0, 0.1) is 6.92 Å². The van der Waals surface area contributed by atoms with Crippen molar-refractivity contribution in [1.29, 1.82) is 0 Å². The quantitative estimate of drug-likeness (QED) is 0.558. The number of nitrogens with one attached hydrogen (secondary N) is 2. The van der Waals surface area contributed by atoms with Gasteiger partial charge in [0.25, 0.3) is 0 Å². The molecule has 1 saturated heterocycles. The number of likely N-dealkylation sites (tertiary alicyclic amines) is 1. The molecule has 1 atom stereocenters. The predicted molar refractivity (Wildman–Crippen MR) is 120 cm³/mol. The molecule has 1 aliphatic heterocycles. The van der Waals surface area contributed by atoms with Crippen LogP contribution in [-0.4, -0.2) is 28.0 Å². The van der Waals surface area contributed by atoms with Crippen LogP contribution in [-0.2, 0) is 0 Å². The molecule has 0 saturated carbocycles. The number of anilines is 4. The Morgan fingerprint density at radius 2 is 1.66 bits per heavy atom. The maximum absolute atomic E-state index is 4.68. The molecule has 2 aromatic carbocycles. The highest BCUT2D eigenvalue weighted by molar-refractivity contribution is 5.62. The fourth-order valence-electron chi connectivity index (χ4n) is 3.81. The summed E-state index contributed by atoms with van der Waals surface area (Å²) in [6.07, 6.45) is 5.81. The highest BCUT2D eigenvalue weighted by atomic mass is 15.2. The van der Waals surface area contributed by atoms with Crippen molar-refractivity contribution < 1.29 is 0 Å². The van der Waals surface area contributed by atoms with Gasteiger partial charge in [0.2, 0.25) is 5.95 Å². The normalized spacial score (nSPS) is 15.7. The summed E-state index contributed by atoms with van der Waals surface area (Å²) in [5.74, 6) is 1.41. The minimum absolute atomic E-state index is 0.422. The van der Waals surface area contributed by atoms with E-state index in [2.05, 4.69) is 56.7 Å². The summed E-state index contributed by atoms with van der Waals surface area (Å²) < 4.78 is 0. The Hall–Kier alpha value is -2.92. The van der Waals surface area contributed by atoms with Crippen LogP contribution in [0.25, 0.3) is 0 Å². The first-order valence-electron chi connectivity index (χ1n) is 10.5. The van der Waals surface area contributed by atoms with E-state index in [0.717, 1.165) is 22.8 Å². The van der Waals surface area contributed by atoms with Crippen LogP contribution in [0.4, 0.5) is 23.1 Å². The first kappa shape index (κ1) is 19.4.